The molecule has 0 aliphatic rings. The third-order valence-corrected chi connectivity index (χ3v) is 4.62. The summed E-state index contributed by atoms with van der Waals surface area (Å²) < 4.78 is 26.3. The highest BCUT2D eigenvalue weighted by Gasteiger charge is 2.15. The maximum Gasteiger partial charge on any atom is 0.242 e. The van der Waals surface area contributed by atoms with E-state index in [2.05, 4.69) is 9.71 Å². The lowest BCUT2D eigenvalue weighted by Crippen LogP contribution is -2.29. The lowest BCUT2D eigenvalue weighted by atomic mass is 10.2. The molecule has 1 atom stereocenters. The first-order chi connectivity index (χ1) is 7.95. The fraction of sp³-hybridized carbons (Fsp3) is 0.500. The summed E-state index contributed by atoms with van der Waals surface area (Å²) in [7, 11) is -3.47. The van der Waals surface area contributed by atoms with Crippen LogP contribution in [-0.2, 0) is 10.0 Å². The Labute approximate surface area is 111 Å². The van der Waals surface area contributed by atoms with E-state index in [4.69, 9.17) is 11.6 Å². The highest BCUT2D eigenvalue weighted by atomic mass is 35.5. The summed E-state index contributed by atoms with van der Waals surface area (Å²) in [6.07, 6.45) is 3.25. The Balaban J connectivity index is 2.66. The van der Waals surface area contributed by atoms with E-state index in [0.717, 1.165) is 5.75 Å². The Kier molecular flexibility index (Phi) is 5.72. The van der Waals surface area contributed by atoms with E-state index in [9.17, 15) is 8.42 Å². The molecule has 1 rings (SSSR count). The van der Waals surface area contributed by atoms with E-state index in [1.54, 1.807) is 11.8 Å². The Hall–Kier alpha value is -0.300. The number of hydrogen-bond acceptors (Lipinski definition) is 4. The monoisotopic (exact) mass is 294 g/mol. The van der Waals surface area contributed by atoms with Gasteiger partial charge in [0.2, 0.25) is 10.0 Å². The van der Waals surface area contributed by atoms with Crippen LogP contribution in [0.5, 0.6) is 0 Å². The number of thioether (sulfide) groups is 1. The molecule has 0 aliphatic carbocycles. The van der Waals surface area contributed by atoms with Crippen LogP contribution in [0.1, 0.15) is 6.92 Å². The van der Waals surface area contributed by atoms with E-state index in [0.29, 0.717) is 12.5 Å². The maximum absolute atomic E-state index is 11.9. The summed E-state index contributed by atoms with van der Waals surface area (Å²) in [5, 5.41) is 0.278. The number of halogens is 1. The van der Waals surface area contributed by atoms with Gasteiger partial charge in [-0.05, 0) is 30.1 Å². The number of sulfonamides is 1. The summed E-state index contributed by atoms with van der Waals surface area (Å²) in [5.74, 6) is 1.21. The maximum atomic E-state index is 11.9. The van der Waals surface area contributed by atoms with Crippen LogP contribution in [0.4, 0.5) is 0 Å². The molecule has 4 nitrogen and oxygen atoms in total. The molecule has 0 fully saturated rings. The van der Waals surface area contributed by atoms with Gasteiger partial charge in [0.25, 0.3) is 0 Å². The molecule has 7 heteroatoms. The van der Waals surface area contributed by atoms with Crippen LogP contribution in [-0.4, -0.2) is 32.0 Å². The van der Waals surface area contributed by atoms with E-state index in [-0.39, 0.29) is 10.0 Å². The first kappa shape index (κ1) is 14.8. The quantitative estimate of drug-likeness (QED) is 0.816. The Bertz CT molecular complexity index is 448. The minimum atomic E-state index is -3.47. The normalized spacial score (nSPS) is 13.6. The van der Waals surface area contributed by atoms with Gasteiger partial charge in [-0.15, -0.1) is 0 Å². The molecule has 96 valence electrons. The standard InChI is InChI=1S/C10H15ClN2O2S2/c1-8(7-16-2)5-13-17(14,15)9-3-4-10(11)12-6-9/h3-4,6,8,13H,5,7H2,1-2H3. The average molecular weight is 295 g/mol. The van der Waals surface area contributed by atoms with Crippen LogP contribution in [0.3, 0.4) is 0 Å². The predicted octanol–water partition coefficient (Wildman–Crippen LogP) is 2.01. The first-order valence-corrected chi connectivity index (χ1v) is 8.31. The van der Waals surface area contributed by atoms with Gasteiger partial charge in [0.15, 0.2) is 0 Å². The zero-order valence-corrected chi connectivity index (χ0v) is 12.1. The van der Waals surface area contributed by atoms with Crippen LogP contribution >= 0.6 is 23.4 Å². The van der Waals surface area contributed by atoms with Crippen molar-refractivity contribution in [1.29, 1.82) is 0 Å². The third-order valence-electron chi connectivity index (χ3n) is 2.08. The van der Waals surface area contributed by atoms with Gasteiger partial charge in [-0.3, -0.25) is 0 Å². The smallest absolute Gasteiger partial charge is 0.242 e. The summed E-state index contributed by atoms with van der Waals surface area (Å²) in [5.41, 5.74) is 0. The van der Waals surface area contributed by atoms with E-state index >= 15 is 0 Å². The molecular weight excluding hydrogens is 280 g/mol. The van der Waals surface area contributed by atoms with Crippen molar-refractivity contribution in [3.63, 3.8) is 0 Å². The molecule has 1 unspecified atom stereocenters. The molecule has 0 saturated carbocycles. The van der Waals surface area contributed by atoms with E-state index < -0.39 is 10.0 Å². The highest BCUT2D eigenvalue weighted by molar-refractivity contribution is 7.98. The number of rotatable bonds is 6. The second-order valence-corrected chi connectivity index (χ2v) is 6.79. The predicted molar refractivity (Wildman–Crippen MR) is 72.0 cm³/mol. The Morgan fingerprint density at radius 2 is 2.24 bits per heavy atom. The minimum Gasteiger partial charge on any atom is -0.243 e. The number of nitrogens with one attached hydrogen (secondary N) is 1. The van der Waals surface area contributed by atoms with Gasteiger partial charge in [-0.1, -0.05) is 18.5 Å². The highest BCUT2D eigenvalue weighted by Crippen LogP contribution is 2.11. The van der Waals surface area contributed by atoms with Crippen LogP contribution in [0, 0.1) is 5.92 Å². The van der Waals surface area contributed by atoms with Crippen LogP contribution in [0.25, 0.3) is 0 Å². The van der Waals surface area contributed by atoms with Crippen molar-refractivity contribution >= 4 is 33.4 Å². The van der Waals surface area contributed by atoms with Gasteiger partial charge in [0.1, 0.15) is 10.0 Å². The molecule has 0 aromatic carbocycles. The topological polar surface area (TPSA) is 59.1 Å². The molecule has 1 aromatic heterocycles. The number of pyridine rings is 1. The van der Waals surface area contributed by atoms with Gasteiger partial charge >= 0.3 is 0 Å². The van der Waals surface area contributed by atoms with Crippen LogP contribution < -0.4 is 4.72 Å². The number of hydrogen-bond donors (Lipinski definition) is 1. The molecule has 0 bridgehead atoms. The molecule has 0 aliphatic heterocycles. The fourth-order valence-electron chi connectivity index (χ4n) is 1.20. The van der Waals surface area contributed by atoms with Crippen molar-refractivity contribution in [3.8, 4) is 0 Å². The Morgan fingerprint density at radius 3 is 2.76 bits per heavy atom. The molecule has 1 aromatic rings. The molecule has 17 heavy (non-hydrogen) atoms. The summed E-state index contributed by atoms with van der Waals surface area (Å²) in [6, 6.07) is 2.90. The van der Waals surface area contributed by atoms with Gasteiger partial charge in [0.05, 0.1) is 0 Å². The average Bonchev–Trinajstić information content (AvgIpc) is 2.28. The second kappa shape index (κ2) is 6.58. The van der Waals surface area contributed by atoms with Gasteiger partial charge in [0, 0.05) is 12.7 Å². The molecule has 0 radical (unpaired) electrons. The second-order valence-electron chi connectivity index (χ2n) is 3.73. The lowest BCUT2D eigenvalue weighted by Gasteiger charge is -2.11. The summed E-state index contributed by atoms with van der Waals surface area (Å²) in [4.78, 5) is 3.89. The zero-order valence-electron chi connectivity index (χ0n) is 9.68. The third kappa shape index (κ3) is 4.83. The van der Waals surface area contributed by atoms with E-state index in [1.807, 2.05) is 13.2 Å². The zero-order chi connectivity index (χ0) is 12.9. The lowest BCUT2D eigenvalue weighted by molar-refractivity contribution is 0.562. The largest absolute Gasteiger partial charge is 0.243 e. The Morgan fingerprint density at radius 1 is 1.53 bits per heavy atom. The minimum absolute atomic E-state index is 0.137. The molecule has 0 spiro atoms. The van der Waals surface area contributed by atoms with Crippen LogP contribution in [0.2, 0.25) is 5.15 Å². The molecule has 1 heterocycles. The van der Waals surface area contributed by atoms with Crippen LogP contribution in [0.15, 0.2) is 23.2 Å². The van der Waals surface area contributed by atoms with Gasteiger partial charge in [-0.25, -0.2) is 18.1 Å². The molecular formula is C10H15ClN2O2S2. The summed E-state index contributed by atoms with van der Waals surface area (Å²) >= 11 is 7.29. The van der Waals surface area contributed by atoms with Gasteiger partial charge in [-0.2, -0.15) is 11.8 Å². The van der Waals surface area contributed by atoms with Crippen molar-refractivity contribution in [2.75, 3.05) is 18.6 Å². The van der Waals surface area contributed by atoms with E-state index in [1.165, 1.54) is 18.3 Å². The van der Waals surface area contributed by atoms with Crippen molar-refractivity contribution < 1.29 is 8.42 Å². The van der Waals surface area contributed by atoms with Gasteiger partial charge < -0.3 is 0 Å². The molecule has 0 amide bonds. The number of aromatic nitrogens is 1. The fourth-order valence-corrected chi connectivity index (χ4v) is 3.11. The SMILES string of the molecule is CSCC(C)CNS(=O)(=O)c1ccc(Cl)nc1. The summed E-state index contributed by atoms with van der Waals surface area (Å²) in [6.45, 7) is 2.42. The molecule has 0 saturated heterocycles. The molecule has 1 N–H and O–H groups in total. The van der Waals surface area contributed by atoms with Crippen molar-refractivity contribution in [1.82, 2.24) is 9.71 Å². The van der Waals surface area contributed by atoms with Crippen molar-refractivity contribution in [3.05, 3.63) is 23.5 Å². The first-order valence-electron chi connectivity index (χ1n) is 5.06. The van der Waals surface area contributed by atoms with Crippen molar-refractivity contribution in [2.24, 2.45) is 5.92 Å². The van der Waals surface area contributed by atoms with Crippen molar-refractivity contribution in [2.45, 2.75) is 11.8 Å². The number of nitrogens with zero attached hydrogens (tertiary/aromatic N) is 1.